The maximum atomic E-state index is 11.6. The van der Waals surface area contributed by atoms with E-state index in [0.29, 0.717) is 11.3 Å². The zero-order valence-corrected chi connectivity index (χ0v) is 11.5. The Balaban J connectivity index is 2.37. The van der Waals surface area contributed by atoms with Crippen LogP contribution in [-0.4, -0.2) is 21.9 Å². The summed E-state index contributed by atoms with van der Waals surface area (Å²) in [5.74, 6) is 0.425. The first kappa shape index (κ1) is 13.1. The fourth-order valence-electron chi connectivity index (χ4n) is 2.64. The maximum Gasteiger partial charge on any atom is 0.336 e. The summed E-state index contributed by atoms with van der Waals surface area (Å²) in [5, 5.41) is 21.2. The molecule has 2 N–H and O–H groups in total. The molecule has 1 aromatic heterocycles. The molecule has 0 fully saturated rings. The smallest absolute Gasteiger partial charge is 0.336 e. The predicted octanol–water partition coefficient (Wildman–Crippen LogP) is 1.67. The molecule has 1 aromatic carbocycles. The summed E-state index contributed by atoms with van der Waals surface area (Å²) in [5.41, 5.74) is -0.0466. The number of fused-ring (bicyclic) bond motifs is 3. The minimum absolute atomic E-state index is 0.273. The van der Waals surface area contributed by atoms with E-state index < -0.39 is 23.4 Å². The molecule has 0 aliphatic carbocycles. The minimum Gasteiger partial charge on any atom is -0.485 e. The van der Waals surface area contributed by atoms with Gasteiger partial charge in [0.1, 0.15) is 29.1 Å². The third-order valence-corrected chi connectivity index (χ3v) is 3.80. The molecule has 1 aliphatic rings. The van der Waals surface area contributed by atoms with Crippen molar-refractivity contribution in [1.29, 1.82) is 0 Å². The largest absolute Gasteiger partial charge is 0.485 e. The highest BCUT2D eigenvalue weighted by molar-refractivity contribution is 5.85. The summed E-state index contributed by atoms with van der Waals surface area (Å²) in [6, 6.07) is 4.90. The second-order valence-electron chi connectivity index (χ2n) is 5.70. The highest BCUT2D eigenvalue weighted by atomic mass is 16.5. The Hall–Kier alpha value is -1.85. The van der Waals surface area contributed by atoms with E-state index >= 15 is 0 Å². The van der Waals surface area contributed by atoms with Crippen LogP contribution in [0, 0.1) is 6.92 Å². The van der Waals surface area contributed by atoms with Crippen LogP contribution in [0.5, 0.6) is 5.75 Å². The molecule has 0 unspecified atom stereocenters. The number of aryl methyl sites for hydroxylation is 1. The molecule has 3 rings (SSSR count). The van der Waals surface area contributed by atoms with Crippen LogP contribution in [0.15, 0.2) is 27.4 Å². The van der Waals surface area contributed by atoms with Crippen LogP contribution in [0.3, 0.4) is 0 Å². The van der Waals surface area contributed by atoms with E-state index in [2.05, 4.69) is 0 Å². The molecular weight excluding hydrogens is 260 g/mol. The van der Waals surface area contributed by atoms with Gasteiger partial charge in [-0.25, -0.2) is 4.79 Å². The van der Waals surface area contributed by atoms with Crippen LogP contribution in [0.4, 0.5) is 0 Å². The number of aliphatic hydroxyl groups excluding tert-OH is 2. The van der Waals surface area contributed by atoms with E-state index in [9.17, 15) is 15.0 Å². The van der Waals surface area contributed by atoms with E-state index in [1.807, 2.05) is 0 Å². The monoisotopic (exact) mass is 276 g/mol. The van der Waals surface area contributed by atoms with Crippen LogP contribution in [0.1, 0.15) is 31.1 Å². The SMILES string of the molecule is Cc1cc(=O)oc2c3c(ccc12)OC(C)(C)[C@@H](O)[C@H]3O. The van der Waals surface area contributed by atoms with E-state index in [1.165, 1.54) is 6.07 Å². The topological polar surface area (TPSA) is 79.9 Å². The highest BCUT2D eigenvalue weighted by Gasteiger charge is 2.43. The summed E-state index contributed by atoms with van der Waals surface area (Å²) in [4.78, 5) is 11.6. The van der Waals surface area contributed by atoms with Gasteiger partial charge in [-0.05, 0) is 38.5 Å². The minimum atomic E-state index is -1.16. The van der Waals surface area contributed by atoms with Gasteiger partial charge in [-0.1, -0.05) is 0 Å². The first-order chi connectivity index (χ1) is 9.31. The Morgan fingerprint density at radius 3 is 2.65 bits per heavy atom. The van der Waals surface area contributed by atoms with Gasteiger partial charge in [0.05, 0.1) is 5.56 Å². The number of hydrogen-bond acceptors (Lipinski definition) is 5. The van der Waals surface area contributed by atoms with Gasteiger partial charge in [-0.3, -0.25) is 0 Å². The Morgan fingerprint density at radius 1 is 1.25 bits per heavy atom. The molecule has 0 spiro atoms. The number of ether oxygens (including phenoxy) is 1. The Morgan fingerprint density at radius 2 is 1.95 bits per heavy atom. The molecule has 106 valence electrons. The fraction of sp³-hybridized carbons (Fsp3) is 0.400. The summed E-state index contributed by atoms with van der Waals surface area (Å²) in [6.45, 7) is 5.18. The Kier molecular flexibility index (Phi) is 2.68. The lowest BCUT2D eigenvalue weighted by Crippen LogP contribution is -2.48. The van der Waals surface area contributed by atoms with Gasteiger partial charge in [0.15, 0.2) is 0 Å². The zero-order chi connectivity index (χ0) is 14.7. The van der Waals surface area contributed by atoms with E-state index in [4.69, 9.17) is 9.15 Å². The third-order valence-electron chi connectivity index (χ3n) is 3.80. The van der Waals surface area contributed by atoms with Gasteiger partial charge in [0.2, 0.25) is 0 Å². The molecule has 2 atom stereocenters. The van der Waals surface area contributed by atoms with Crippen LogP contribution in [-0.2, 0) is 0 Å². The molecule has 0 radical (unpaired) electrons. The number of aliphatic hydroxyl groups is 2. The van der Waals surface area contributed by atoms with Gasteiger partial charge >= 0.3 is 5.63 Å². The summed E-state index contributed by atoms with van der Waals surface area (Å²) in [7, 11) is 0. The number of hydrogen-bond donors (Lipinski definition) is 2. The van der Waals surface area contributed by atoms with Gasteiger partial charge in [0, 0.05) is 11.5 Å². The van der Waals surface area contributed by atoms with E-state index in [-0.39, 0.29) is 5.58 Å². The van der Waals surface area contributed by atoms with Crippen molar-refractivity contribution in [3.63, 3.8) is 0 Å². The van der Waals surface area contributed by atoms with Crippen molar-refractivity contribution in [2.45, 2.75) is 38.6 Å². The molecule has 2 aromatic rings. The van der Waals surface area contributed by atoms with Crippen molar-refractivity contribution in [2.24, 2.45) is 0 Å². The van der Waals surface area contributed by atoms with E-state index in [1.54, 1.807) is 32.9 Å². The van der Waals surface area contributed by atoms with Crippen molar-refractivity contribution < 1.29 is 19.4 Å². The predicted molar refractivity (Wildman–Crippen MR) is 72.9 cm³/mol. The maximum absolute atomic E-state index is 11.6. The van der Waals surface area contributed by atoms with Gasteiger partial charge < -0.3 is 19.4 Å². The van der Waals surface area contributed by atoms with Gasteiger partial charge in [0.25, 0.3) is 0 Å². The molecular formula is C15H16O5. The summed E-state index contributed by atoms with van der Waals surface area (Å²) in [6.07, 6.45) is -2.27. The fourth-order valence-corrected chi connectivity index (χ4v) is 2.64. The molecule has 5 nitrogen and oxygen atoms in total. The van der Waals surface area contributed by atoms with Crippen LogP contribution in [0.2, 0.25) is 0 Å². The van der Waals surface area contributed by atoms with Gasteiger partial charge in [-0.15, -0.1) is 0 Å². The normalized spacial score (nSPS) is 24.2. The molecule has 1 aliphatic heterocycles. The van der Waals surface area contributed by atoms with Crippen molar-refractivity contribution in [1.82, 2.24) is 0 Å². The molecule has 0 amide bonds. The van der Waals surface area contributed by atoms with Gasteiger partial charge in [-0.2, -0.15) is 0 Å². The standard InChI is InChI=1S/C15H16O5/c1-7-6-10(16)19-13-8(7)4-5-9-11(13)12(17)14(18)15(2,3)20-9/h4-6,12,14,17-18H,1-3H3/t12-,14-/m0/s1. The summed E-state index contributed by atoms with van der Waals surface area (Å²) < 4.78 is 10.9. The second-order valence-corrected chi connectivity index (χ2v) is 5.70. The van der Waals surface area contributed by atoms with Crippen LogP contribution >= 0.6 is 0 Å². The average Bonchev–Trinajstić information content (AvgIpc) is 2.34. The average molecular weight is 276 g/mol. The highest BCUT2D eigenvalue weighted by Crippen LogP contribution is 2.43. The number of rotatable bonds is 0. The molecule has 0 saturated carbocycles. The molecule has 0 saturated heterocycles. The lowest BCUT2D eigenvalue weighted by Gasteiger charge is -2.40. The molecule has 0 bridgehead atoms. The first-order valence-electron chi connectivity index (χ1n) is 6.44. The van der Waals surface area contributed by atoms with Crippen molar-refractivity contribution in [3.8, 4) is 5.75 Å². The van der Waals surface area contributed by atoms with Crippen molar-refractivity contribution >= 4 is 11.0 Å². The lowest BCUT2D eigenvalue weighted by atomic mass is 9.87. The Bertz CT molecular complexity index is 744. The molecule has 2 heterocycles. The van der Waals surface area contributed by atoms with Crippen molar-refractivity contribution in [2.75, 3.05) is 0 Å². The van der Waals surface area contributed by atoms with Crippen LogP contribution in [0.25, 0.3) is 11.0 Å². The summed E-state index contributed by atoms with van der Waals surface area (Å²) >= 11 is 0. The van der Waals surface area contributed by atoms with Crippen molar-refractivity contribution in [3.05, 3.63) is 39.7 Å². The molecule has 5 heteroatoms. The Labute approximate surface area is 115 Å². The number of benzene rings is 1. The molecule has 20 heavy (non-hydrogen) atoms. The third kappa shape index (κ3) is 1.74. The second kappa shape index (κ2) is 4.07. The van der Waals surface area contributed by atoms with E-state index in [0.717, 1.165) is 10.9 Å². The quantitative estimate of drug-likeness (QED) is 0.715. The van der Waals surface area contributed by atoms with Crippen LogP contribution < -0.4 is 10.4 Å². The lowest BCUT2D eigenvalue weighted by molar-refractivity contribution is -0.111. The zero-order valence-electron chi connectivity index (χ0n) is 11.5. The first-order valence-corrected chi connectivity index (χ1v) is 6.44.